The summed E-state index contributed by atoms with van der Waals surface area (Å²) in [6.45, 7) is 8.54. The van der Waals surface area contributed by atoms with Crippen LogP contribution < -0.4 is 0 Å². The van der Waals surface area contributed by atoms with Crippen LogP contribution in [0, 0.1) is 0 Å². The molecule has 0 bridgehead atoms. The van der Waals surface area contributed by atoms with Gasteiger partial charge in [-0.2, -0.15) is 0 Å². The maximum atomic E-state index is 2.75. The lowest BCUT2D eigenvalue weighted by molar-refractivity contribution is 0.0631. The average Bonchev–Trinajstić information content (AvgIpc) is 2.39. The van der Waals surface area contributed by atoms with Crippen LogP contribution in [0.3, 0.4) is 0 Å². The van der Waals surface area contributed by atoms with E-state index in [9.17, 15) is 0 Å². The summed E-state index contributed by atoms with van der Waals surface area (Å²) >= 11 is 0. The van der Waals surface area contributed by atoms with Crippen molar-refractivity contribution in [3.63, 3.8) is 0 Å². The summed E-state index contributed by atoms with van der Waals surface area (Å²) in [7, 11) is 4.53. The Hall–Kier alpha value is -0.120. The molecular formula is C14H29N3. The zero-order valence-corrected chi connectivity index (χ0v) is 11.9. The van der Waals surface area contributed by atoms with Gasteiger partial charge in [0.1, 0.15) is 0 Å². The second kappa shape index (κ2) is 6.17. The molecule has 0 spiro atoms. The van der Waals surface area contributed by atoms with Crippen molar-refractivity contribution in [3.8, 4) is 0 Å². The first-order valence-electron chi connectivity index (χ1n) is 7.33. The summed E-state index contributed by atoms with van der Waals surface area (Å²) in [6.07, 6.45) is 5.66. The van der Waals surface area contributed by atoms with Crippen LogP contribution >= 0.6 is 0 Å². The van der Waals surface area contributed by atoms with Crippen molar-refractivity contribution < 1.29 is 0 Å². The molecule has 0 aromatic carbocycles. The Kier molecular flexibility index (Phi) is 4.83. The summed E-state index contributed by atoms with van der Waals surface area (Å²) in [5.41, 5.74) is 0. The third kappa shape index (κ3) is 3.43. The smallest absolute Gasteiger partial charge is 0.0113 e. The summed E-state index contributed by atoms with van der Waals surface area (Å²) < 4.78 is 0. The predicted octanol–water partition coefficient (Wildman–Crippen LogP) is 1.50. The van der Waals surface area contributed by atoms with Gasteiger partial charge in [-0.25, -0.2) is 0 Å². The van der Waals surface area contributed by atoms with Gasteiger partial charge in [0, 0.05) is 38.3 Å². The fraction of sp³-hybridized carbons (Fsp3) is 1.00. The van der Waals surface area contributed by atoms with E-state index in [0.29, 0.717) is 0 Å². The van der Waals surface area contributed by atoms with Gasteiger partial charge in [-0.1, -0.05) is 13.3 Å². The van der Waals surface area contributed by atoms with Gasteiger partial charge < -0.3 is 9.80 Å². The van der Waals surface area contributed by atoms with Crippen LogP contribution in [0.4, 0.5) is 0 Å². The number of likely N-dealkylation sites (N-methyl/N-ethyl adjacent to an activating group) is 1. The molecule has 1 aliphatic heterocycles. The Morgan fingerprint density at radius 3 is 2.47 bits per heavy atom. The van der Waals surface area contributed by atoms with Gasteiger partial charge >= 0.3 is 0 Å². The summed E-state index contributed by atoms with van der Waals surface area (Å²) in [6, 6.07) is 1.69. The van der Waals surface area contributed by atoms with E-state index in [0.717, 1.165) is 12.1 Å². The van der Waals surface area contributed by atoms with Crippen molar-refractivity contribution in [2.45, 2.75) is 44.7 Å². The zero-order chi connectivity index (χ0) is 12.3. The molecule has 0 aromatic rings. The minimum atomic E-state index is 0.832. The summed E-state index contributed by atoms with van der Waals surface area (Å²) in [4.78, 5) is 7.74. The maximum absolute atomic E-state index is 2.75. The largest absolute Gasteiger partial charge is 0.304 e. The van der Waals surface area contributed by atoms with E-state index in [1.54, 1.807) is 0 Å². The molecule has 2 rings (SSSR count). The fourth-order valence-corrected chi connectivity index (χ4v) is 3.32. The Labute approximate surface area is 107 Å². The quantitative estimate of drug-likeness (QED) is 0.739. The molecule has 1 aliphatic carbocycles. The van der Waals surface area contributed by atoms with E-state index in [4.69, 9.17) is 0 Å². The monoisotopic (exact) mass is 239 g/mol. The topological polar surface area (TPSA) is 9.72 Å². The van der Waals surface area contributed by atoms with Gasteiger partial charge in [0.2, 0.25) is 0 Å². The highest BCUT2D eigenvalue weighted by atomic mass is 15.3. The minimum absolute atomic E-state index is 0.832. The molecule has 2 aliphatic rings. The lowest BCUT2D eigenvalue weighted by Crippen LogP contribution is -2.52. The highest BCUT2D eigenvalue weighted by Gasteiger charge is 2.29. The number of rotatable bonds is 3. The Morgan fingerprint density at radius 1 is 1.12 bits per heavy atom. The molecule has 2 atom stereocenters. The maximum Gasteiger partial charge on any atom is 0.0113 e. The van der Waals surface area contributed by atoms with Crippen LogP contribution in [0.15, 0.2) is 0 Å². The molecule has 2 fully saturated rings. The molecule has 3 nitrogen and oxygen atoms in total. The fourth-order valence-electron chi connectivity index (χ4n) is 3.32. The molecule has 1 saturated carbocycles. The molecule has 0 unspecified atom stereocenters. The molecule has 0 amide bonds. The van der Waals surface area contributed by atoms with Gasteiger partial charge in [-0.3, -0.25) is 4.90 Å². The van der Waals surface area contributed by atoms with E-state index < -0.39 is 0 Å². The third-order valence-corrected chi connectivity index (χ3v) is 4.80. The van der Waals surface area contributed by atoms with Crippen LogP contribution in [0.5, 0.6) is 0 Å². The van der Waals surface area contributed by atoms with Crippen molar-refractivity contribution in [3.05, 3.63) is 0 Å². The minimum Gasteiger partial charge on any atom is -0.304 e. The lowest BCUT2D eigenvalue weighted by atomic mass is 9.89. The molecule has 0 N–H and O–H groups in total. The standard InChI is InChI=1S/C14H29N3/c1-4-16(3)13-6-5-7-14(12-13)17-10-8-15(2)9-11-17/h13-14H,4-12H2,1-3H3/t13-,14-/m1/s1. The Balaban J connectivity index is 1.84. The molecule has 3 heteroatoms. The van der Waals surface area contributed by atoms with Crippen molar-refractivity contribution in [2.75, 3.05) is 46.8 Å². The van der Waals surface area contributed by atoms with Crippen molar-refractivity contribution in [2.24, 2.45) is 0 Å². The van der Waals surface area contributed by atoms with Crippen LogP contribution in [-0.4, -0.2) is 73.6 Å². The molecule has 1 saturated heterocycles. The second-order valence-electron chi connectivity index (χ2n) is 5.89. The number of hydrogen-bond donors (Lipinski definition) is 0. The SMILES string of the molecule is CCN(C)[C@@H]1CCC[C@@H](N2CCN(C)CC2)C1. The third-order valence-electron chi connectivity index (χ3n) is 4.80. The second-order valence-corrected chi connectivity index (χ2v) is 5.89. The molecule has 17 heavy (non-hydrogen) atoms. The number of piperazine rings is 1. The van der Waals surface area contributed by atoms with Crippen molar-refractivity contribution in [1.82, 2.24) is 14.7 Å². The first kappa shape index (κ1) is 13.3. The highest BCUT2D eigenvalue weighted by molar-refractivity contribution is 4.86. The normalized spacial score (nSPS) is 33.2. The van der Waals surface area contributed by atoms with Gasteiger partial charge in [0.25, 0.3) is 0 Å². The predicted molar refractivity (Wildman–Crippen MR) is 73.4 cm³/mol. The van der Waals surface area contributed by atoms with Gasteiger partial charge in [-0.05, 0) is 39.9 Å². The molecule has 0 radical (unpaired) electrons. The van der Waals surface area contributed by atoms with Crippen LogP contribution in [0.25, 0.3) is 0 Å². The van der Waals surface area contributed by atoms with Crippen LogP contribution in [0.1, 0.15) is 32.6 Å². The van der Waals surface area contributed by atoms with E-state index in [1.807, 2.05) is 0 Å². The Morgan fingerprint density at radius 2 is 1.82 bits per heavy atom. The van der Waals surface area contributed by atoms with Gasteiger partial charge in [0.15, 0.2) is 0 Å². The average molecular weight is 239 g/mol. The van der Waals surface area contributed by atoms with Crippen LogP contribution in [-0.2, 0) is 0 Å². The first-order chi connectivity index (χ1) is 8.20. The van der Waals surface area contributed by atoms with E-state index in [-0.39, 0.29) is 0 Å². The first-order valence-corrected chi connectivity index (χ1v) is 7.33. The van der Waals surface area contributed by atoms with Gasteiger partial charge in [0.05, 0.1) is 0 Å². The highest BCUT2D eigenvalue weighted by Crippen LogP contribution is 2.26. The number of nitrogens with zero attached hydrogens (tertiary/aromatic N) is 3. The van der Waals surface area contributed by atoms with E-state index in [1.165, 1.54) is 58.4 Å². The molecule has 100 valence electrons. The molecule has 0 aromatic heterocycles. The van der Waals surface area contributed by atoms with Crippen molar-refractivity contribution in [1.29, 1.82) is 0 Å². The summed E-state index contributed by atoms with van der Waals surface area (Å²) in [5.74, 6) is 0. The lowest BCUT2D eigenvalue weighted by Gasteiger charge is -2.43. The van der Waals surface area contributed by atoms with E-state index in [2.05, 4.69) is 35.7 Å². The van der Waals surface area contributed by atoms with E-state index >= 15 is 0 Å². The summed E-state index contributed by atoms with van der Waals surface area (Å²) in [5, 5.41) is 0. The number of hydrogen-bond acceptors (Lipinski definition) is 3. The Bertz CT molecular complexity index is 224. The van der Waals surface area contributed by atoms with Crippen molar-refractivity contribution >= 4 is 0 Å². The zero-order valence-electron chi connectivity index (χ0n) is 11.9. The van der Waals surface area contributed by atoms with Gasteiger partial charge in [-0.15, -0.1) is 0 Å². The molecular weight excluding hydrogens is 210 g/mol. The van der Waals surface area contributed by atoms with Crippen LogP contribution in [0.2, 0.25) is 0 Å². The molecule has 1 heterocycles.